The normalized spacial score (nSPS) is 11.8. The molecule has 0 heterocycles. The minimum absolute atomic E-state index is 0. The van der Waals surface area contributed by atoms with E-state index in [4.69, 9.17) is 9.47 Å². The zero-order valence-electron chi connectivity index (χ0n) is 19.8. The van der Waals surface area contributed by atoms with Crippen LogP contribution in [0.15, 0.2) is 28.7 Å². The van der Waals surface area contributed by atoms with E-state index < -0.39 is 47.6 Å². The highest BCUT2D eigenvalue weighted by Gasteiger charge is 2.26. The number of halogens is 2. The van der Waals surface area contributed by atoms with Crippen molar-refractivity contribution in [1.82, 2.24) is 10.6 Å². The third-order valence-corrected chi connectivity index (χ3v) is 5.77. The summed E-state index contributed by atoms with van der Waals surface area (Å²) in [5.41, 5.74) is 3.86. The van der Waals surface area contributed by atoms with E-state index in [1.165, 1.54) is 12.1 Å². The molecule has 0 saturated heterocycles. The topological polar surface area (TPSA) is 179 Å². The van der Waals surface area contributed by atoms with Crippen LogP contribution in [0.2, 0.25) is 0 Å². The van der Waals surface area contributed by atoms with Crippen molar-refractivity contribution in [2.45, 2.75) is 38.8 Å². The summed E-state index contributed by atoms with van der Waals surface area (Å²) in [5, 5.41) is 14.6. The fourth-order valence-electron chi connectivity index (χ4n) is 2.53. The molecule has 0 radical (unpaired) electrons. The maximum absolute atomic E-state index is 12.6. The first-order chi connectivity index (χ1) is 16.6. The Bertz CT molecular complexity index is 893. The fraction of sp³-hybridized carbons (Fsp3) is 0.476. The van der Waals surface area contributed by atoms with Gasteiger partial charge in [-0.1, -0.05) is 27.7 Å². The van der Waals surface area contributed by atoms with Gasteiger partial charge in [0.25, 0.3) is 0 Å². The van der Waals surface area contributed by atoms with E-state index in [-0.39, 0.29) is 49.9 Å². The second kappa shape index (κ2) is 17.9. The van der Waals surface area contributed by atoms with Gasteiger partial charge in [-0.15, -0.1) is 0 Å². The van der Waals surface area contributed by atoms with Gasteiger partial charge in [-0.3, -0.25) is 24.4 Å². The van der Waals surface area contributed by atoms with Crippen LogP contribution in [0.25, 0.3) is 0 Å². The van der Waals surface area contributed by atoms with Gasteiger partial charge in [0.15, 0.2) is 6.04 Å². The molecule has 0 aromatic heterocycles. The van der Waals surface area contributed by atoms with Gasteiger partial charge in [-0.05, 0) is 38.1 Å². The fourth-order valence-corrected chi connectivity index (χ4v) is 3.57. The maximum Gasteiger partial charge on any atom is 0.364 e. The summed E-state index contributed by atoms with van der Waals surface area (Å²) < 4.78 is 10.4. The Labute approximate surface area is 227 Å². The molecule has 0 spiro atoms. The minimum atomic E-state index is -1.21. The molecular formula is C21H30BrClN4O8S. The molecular weight excluding hydrogens is 584 g/mol. The number of benzene rings is 1. The zero-order valence-corrected chi connectivity index (χ0v) is 23.0. The Balaban J connectivity index is 0.0000122. The molecule has 2 unspecified atom stereocenters. The van der Waals surface area contributed by atoms with E-state index in [0.29, 0.717) is 16.8 Å². The van der Waals surface area contributed by atoms with Gasteiger partial charge >= 0.3 is 17.2 Å². The van der Waals surface area contributed by atoms with E-state index in [2.05, 4.69) is 32.3 Å². The van der Waals surface area contributed by atoms with Gasteiger partial charge in [0.05, 0.1) is 18.9 Å². The molecule has 3 amide bonds. The molecule has 0 aliphatic rings. The van der Waals surface area contributed by atoms with Gasteiger partial charge in [-0.2, -0.15) is 5.06 Å². The van der Waals surface area contributed by atoms with Crippen LogP contribution in [0.1, 0.15) is 26.7 Å². The predicted molar refractivity (Wildman–Crippen MR) is 130 cm³/mol. The van der Waals surface area contributed by atoms with Crippen LogP contribution in [0.4, 0.5) is 10.5 Å². The van der Waals surface area contributed by atoms with E-state index in [0.717, 1.165) is 4.47 Å². The highest BCUT2D eigenvalue weighted by atomic mass is 79.9. The Morgan fingerprint density at radius 1 is 1.11 bits per heavy atom. The number of anilines is 1. The average molecular weight is 614 g/mol. The van der Waals surface area contributed by atoms with Crippen LogP contribution in [-0.2, 0) is 28.7 Å². The smallest absolute Gasteiger partial charge is 0.364 e. The Kier molecular flexibility index (Phi) is 16.8. The second-order valence-corrected chi connectivity index (χ2v) is 8.88. The number of nitrogens with zero attached hydrogens (tertiary/aromatic N) is 1. The number of carbonyl (C=O) groups excluding carboxylic acids is 5. The molecule has 12 nitrogen and oxygen atoms in total. The molecule has 1 rings (SSSR count). The highest BCUT2D eigenvalue weighted by molar-refractivity contribution is 9.10. The molecule has 202 valence electrons. The molecule has 0 saturated carbocycles. The standard InChI is InChI=1S/C21H29BrN4O8S.ClH/c1-3-33-18(28)11-24-19(29)16(25-17(27)10-9-15(23)20(30)34-4-2)12-35-21(31)26(32)14-7-5-13(22)6-8-14;/h5-8,15-16,32H,3-4,9-12,23H2,1-2H3,(H,24,29)(H,25,27);1H. The van der Waals surface area contributed by atoms with Crippen molar-refractivity contribution in [2.75, 3.05) is 30.6 Å². The van der Waals surface area contributed by atoms with Gasteiger partial charge in [0.1, 0.15) is 12.6 Å². The lowest BCUT2D eigenvalue weighted by atomic mass is 10.1. The molecule has 0 aliphatic carbocycles. The van der Waals surface area contributed by atoms with E-state index in [9.17, 15) is 29.2 Å². The predicted octanol–water partition coefficient (Wildman–Crippen LogP) is -2.38. The van der Waals surface area contributed by atoms with Crippen molar-refractivity contribution >= 4 is 62.4 Å². The first-order valence-electron chi connectivity index (χ1n) is 10.7. The highest BCUT2D eigenvalue weighted by Crippen LogP contribution is 2.21. The molecule has 0 aliphatic heterocycles. The molecule has 0 fully saturated rings. The average Bonchev–Trinajstić information content (AvgIpc) is 2.83. The van der Waals surface area contributed by atoms with E-state index >= 15 is 0 Å². The first-order valence-corrected chi connectivity index (χ1v) is 12.5. The number of ether oxygens (including phenoxy) is 2. The summed E-state index contributed by atoms with van der Waals surface area (Å²) in [4.78, 5) is 60.6. The van der Waals surface area contributed by atoms with Crippen LogP contribution in [-0.4, -0.2) is 71.8 Å². The summed E-state index contributed by atoms with van der Waals surface area (Å²) in [6.07, 6.45) is -0.0415. The number of hydroxylamine groups is 1. The minimum Gasteiger partial charge on any atom is -1.00 e. The zero-order chi connectivity index (χ0) is 26.4. The summed E-state index contributed by atoms with van der Waals surface area (Å²) in [7, 11) is 0. The van der Waals surface area contributed by atoms with Crippen molar-refractivity contribution in [3.05, 3.63) is 28.7 Å². The summed E-state index contributed by atoms with van der Waals surface area (Å²) >= 11 is 3.84. The molecule has 36 heavy (non-hydrogen) atoms. The summed E-state index contributed by atoms with van der Waals surface area (Å²) in [6, 6.07) is 4.30. The SMILES string of the molecule is CCOC(=O)CNC(=O)C(CSC(=O)N(O)c1ccc(Br)cc1)NC(=O)CCC([NH3+])C(=O)OCC.[Cl-]. The molecule has 2 atom stereocenters. The van der Waals surface area contributed by atoms with Gasteiger partial charge in [0, 0.05) is 23.1 Å². The van der Waals surface area contributed by atoms with Crippen LogP contribution in [0.3, 0.4) is 0 Å². The van der Waals surface area contributed by atoms with Crippen molar-refractivity contribution in [3.8, 4) is 0 Å². The number of rotatable bonds is 13. The summed E-state index contributed by atoms with van der Waals surface area (Å²) in [6.45, 7) is 3.16. The maximum atomic E-state index is 12.6. The molecule has 0 bridgehead atoms. The van der Waals surface area contributed by atoms with Gasteiger partial charge < -0.3 is 38.2 Å². The molecule has 1 aromatic carbocycles. The Morgan fingerprint density at radius 2 is 1.72 bits per heavy atom. The second-order valence-electron chi connectivity index (χ2n) is 7.00. The number of hydrogen-bond donors (Lipinski definition) is 4. The largest absolute Gasteiger partial charge is 1.00 e. The third-order valence-electron chi connectivity index (χ3n) is 4.32. The molecule has 1 aromatic rings. The third kappa shape index (κ3) is 12.5. The van der Waals surface area contributed by atoms with E-state index in [1.54, 1.807) is 26.0 Å². The summed E-state index contributed by atoms with van der Waals surface area (Å²) in [5.74, 6) is -2.74. The van der Waals surface area contributed by atoms with Gasteiger partial charge in [0.2, 0.25) is 11.8 Å². The molecule has 6 N–H and O–H groups in total. The van der Waals surface area contributed by atoms with E-state index in [1.807, 2.05) is 0 Å². The lowest BCUT2D eigenvalue weighted by molar-refractivity contribution is -0.409. The first kappa shape index (κ1) is 33.6. The Morgan fingerprint density at radius 3 is 2.31 bits per heavy atom. The van der Waals surface area contributed by atoms with Crippen LogP contribution < -0.4 is 33.8 Å². The number of carbonyl (C=O) groups is 5. The Hall–Kier alpha value is -2.39. The number of quaternary nitrogens is 1. The van der Waals surface area contributed by atoms with Crippen LogP contribution >= 0.6 is 27.7 Å². The van der Waals surface area contributed by atoms with Crippen LogP contribution in [0, 0.1) is 0 Å². The van der Waals surface area contributed by atoms with Crippen molar-refractivity contribution in [1.29, 1.82) is 0 Å². The number of esters is 2. The van der Waals surface area contributed by atoms with Crippen LogP contribution in [0.5, 0.6) is 0 Å². The lowest BCUT2D eigenvalue weighted by Gasteiger charge is -2.19. The lowest BCUT2D eigenvalue weighted by Crippen LogP contribution is -3.00. The van der Waals surface area contributed by atoms with Crippen molar-refractivity contribution in [2.24, 2.45) is 0 Å². The van der Waals surface area contributed by atoms with Crippen molar-refractivity contribution in [3.63, 3.8) is 0 Å². The number of amides is 3. The monoisotopic (exact) mass is 612 g/mol. The van der Waals surface area contributed by atoms with Gasteiger partial charge in [-0.25, -0.2) is 4.79 Å². The van der Waals surface area contributed by atoms with Crippen molar-refractivity contribution < 1.29 is 56.8 Å². The molecule has 15 heteroatoms. The quantitative estimate of drug-likeness (QED) is 0.107. The number of hydrogen-bond acceptors (Lipinski definition) is 9. The number of nitrogens with one attached hydrogen (secondary N) is 2. The number of thioether (sulfide) groups is 1.